The molecule has 2 rings (SSSR count). The van der Waals surface area contributed by atoms with Gasteiger partial charge in [0, 0.05) is 32.1 Å². The molecular weight excluding hydrogens is 252 g/mol. The average Bonchev–Trinajstić information content (AvgIpc) is 2.97. The summed E-state index contributed by atoms with van der Waals surface area (Å²) in [6, 6.07) is 4.08. The van der Waals surface area contributed by atoms with E-state index in [1.165, 1.54) is 0 Å². The van der Waals surface area contributed by atoms with E-state index in [4.69, 9.17) is 9.15 Å². The Labute approximate surface area is 122 Å². The van der Waals surface area contributed by atoms with Gasteiger partial charge >= 0.3 is 0 Å². The number of hydrogen-bond acceptors (Lipinski definition) is 4. The molecule has 1 atom stereocenters. The first kappa shape index (κ1) is 15.5. The summed E-state index contributed by atoms with van der Waals surface area (Å²) in [6.45, 7) is 11.7. The van der Waals surface area contributed by atoms with Crippen LogP contribution in [0.5, 0.6) is 0 Å². The zero-order chi connectivity index (χ0) is 14.2. The van der Waals surface area contributed by atoms with Crippen LogP contribution in [0.1, 0.15) is 31.9 Å². The second-order valence-electron chi connectivity index (χ2n) is 5.86. The molecule has 0 bridgehead atoms. The van der Waals surface area contributed by atoms with Gasteiger partial charge in [0.1, 0.15) is 5.76 Å². The molecule has 0 spiro atoms. The molecule has 0 amide bonds. The molecule has 1 aromatic rings. The van der Waals surface area contributed by atoms with Gasteiger partial charge in [0.15, 0.2) is 0 Å². The summed E-state index contributed by atoms with van der Waals surface area (Å²) in [6.07, 6.45) is 2.91. The van der Waals surface area contributed by atoms with Crippen LogP contribution in [0.2, 0.25) is 0 Å². The molecule has 4 heteroatoms. The highest BCUT2D eigenvalue weighted by Crippen LogP contribution is 2.27. The Morgan fingerprint density at radius 3 is 2.70 bits per heavy atom. The molecule has 1 saturated heterocycles. The van der Waals surface area contributed by atoms with Crippen LogP contribution in [0.4, 0.5) is 0 Å². The van der Waals surface area contributed by atoms with E-state index in [0.29, 0.717) is 11.8 Å². The monoisotopic (exact) mass is 280 g/mol. The molecule has 1 N–H and O–H groups in total. The lowest BCUT2D eigenvalue weighted by atomic mass is 9.90. The second-order valence-corrected chi connectivity index (χ2v) is 5.86. The van der Waals surface area contributed by atoms with Crippen molar-refractivity contribution in [2.24, 2.45) is 5.92 Å². The van der Waals surface area contributed by atoms with E-state index in [0.717, 1.165) is 58.1 Å². The first-order valence-corrected chi connectivity index (χ1v) is 7.81. The minimum Gasteiger partial charge on any atom is -0.469 e. The summed E-state index contributed by atoms with van der Waals surface area (Å²) < 4.78 is 10.9. The van der Waals surface area contributed by atoms with Crippen LogP contribution in [0.3, 0.4) is 0 Å². The molecule has 1 aromatic heterocycles. The number of nitrogens with one attached hydrogen (secondary N) is 1. The topological polar surface area (TPSA) is 37.6 Å². The number of nitrogens with zero attached hydrogens (tertiary/aromatic N) is 1. The van der Waals surface area contributed by atoms with Crippen LogP contribution in [-0.4, -0.2) is 50.8 Å². The van der Waals surface area contributed by atoms with Crippen LogP contribution in [-0.2, 0) is 4.74 Å². The highest BCUT2D eigenvalue weighted by molar-refractivity contribution is 5.06. The molecule has 114 valence electrons. The molecule has 1 aliphatic rings. The molecule has 0 radical (unpaired) electrons. The summed E-state index contributed by atoms with van der Waals surface area (Å²) in [5, 5.41) is 3.56. The number of hydrogen-bond donors (Lipinski definition) is 1. The lowest BCUT2D eigenvalue weighted by Gasteiger charge is -2.26. The highest BCUT2D eigenvalue weighted by atomic mass is 16.5. The number of morpholine rings is 1. The molecule has 0 unspecified atom stereocenters. The minimum atomic E-state index is 0.515. The van der Waals surface area contributed by atoms with E-state index < -0.39 is 0 Å². The maximum Gasteiger partial charge on any atom is 0.107 e. The van der Waals surface area contributed by atoms with E-state index in [1.807, 2.05) is 6.07 Å². The molecule has 1 fully saturated rings. The van der Waals surface area contributed by atoms with E-state index in [9.17, 15) is 0 Å². The molecule has 20 heavy (non-hydrogen) atoms. The van der Waals surface area contributed by atoms with Gasteiger partial charge in [-0.2, -0.15) is 0 Å². The summed E-state index contributed by atoms with van der Waals surface area (Å²) in [5.41, 5.74) is 0. The van der Waals surface area contributed by atoms with Crippen LogP contribution in [0.15, 0.2) is 22.8 Å². The summed E-state index contributed by atoms with van der Waals surface area (Å²) in [7, 11) is 0. The van der Waals surface area contributed by atoms with E-state index >= 15 is 0 Å². The molecule has 4 nitrogen and oxygen atoms in total. The van der Waals surface area contributed by atoms with Gasteiger partial charge in [-0.05, 0) is 31.0 Å². The van der Waals surface area contributed by atoms with E-state index in [1.54, 1.807) is 6.26 Å². The summed E-state index contributed by atoms with van der Waals surface area (Å²) >= 11 is 0. The Morgan fingerprint density at radius 2 is 2.05 bits per heavy atom. The fourth-order valence-corrected chi connectivity index (χ4v) is 2.75. The minimum absolute atomic E-state index is 0.515. The Hall–Kier alpha value is -0.840. The summed E-state index contributed by atoms with van der Waals surface area (Å²) in [4.78, 5) is 2.46. The smallest absolute Gasteiger partial charge is 0.107 e. The Morgan fingerprint density at radius 1 is 1.25 bits per heavy atom. The van der Waals surface area contributed by atoms with Crippen LogP contribution in [0, 0.1) is 5.92 Å². The third kappa shape index (κ3) is 4.93. The van der Waals surface area contributed by atoms with E-state index in [-0.39, 0.29) is 0 Å². The van der Waals surface area contributed by atoms with Crippen molar-refractivity contribution in [1.82, 2.24) is 10.2 Å². The molecule has 0 aliphatic carbocycles. The third-order valence-corrected chi connectivity index (χ3v) is 4.05. The van der Waals surface area contributed by atoms with Gasteiger partial charge in [-0.25, -0.2) is 0 Å². The van der Waals surface area contributed by atoms with Crippen molar-refractivity contribution in [3.05, 3.63) is 24.2 Å². The Bertz CT molecular complexity index is 345. The number of furan rings is 1. The molecule has 1 aliphatic heterocycles. The zero-order valence-corrected chi connectivity index (χ0v) is 12.8. The Balaban J connectivity index is 1.61. The third-order valence-electron chi connectivity index (χ3n) is 4.05. The van der Waals surface area contributed by atoms with Gasteiger partial charge < -0.3 is 14.5 Å². The SMILES string of the molecule is CC(C)[C@@H](CCNCCN1CCOCC1)c1ccco1. The maximum atomic E-state index is 5.56. The summed E-state index contributed by atoms with van der Waals surface area (Å²) in [5.74, 6) is 2.25. The van der Waals surface area contributed by atoms with Crippen LogP contribution < -0.4 is 5.32 Å². The quantitative estimate of drug-likeness (QED) is 0.742. The van der Waals surface area contributed by atoms with Gasteiger partial charge in [0.2, 0.25) is 0 Å². The molecule has 0 aromatic carbocycles. The second kappa shape index (κ2) is 8.45. The van der Waals surface area contributed by atoms with Gasteiger partial charge in [0.05, 0.1) is 19.5 Å². The number of rotatable bonds is 8. The van der Waals surface area contributed by atoms with Gasteiger partial charge in [-0.3, -0.25) is 4.90 Å². The first-order chi connectivity index (χ1) is 9.77. The van der Waals surface area contributed by atoms with Crippen molar-refractivity contribution >= 4 is 0 Å². The normalized spacial score (nSPS) is 18.6. The lowest BCUT2D eigenvalue weighted by molar-refractivity contribution is 0.0384. The highest BCUT2D eigenvalue weighted by Gasteiger charge is 2.18. The fraction of sp³-hybridized carbons (Fsp3) is 0.750. The lowest BCUT2D eigenvalue weighted by Crippen LogP contribution is -2.40. The van der Waals surface area contributed by atoms with Gasteiger partial charge in [-0.15, -0.1) is 0 Å². The standard InChI is InChI=1S/C16H28N2O2/c1-14(2)15(16-4-3-11-20-16)5-6-17-7-8-18-9-12-19-13-10-18/h3-4,11,14-15,17H,5-10,12-13H2,1-2H3/t15-/m1/s1. The van der Waals surface area contributed by atoms with Crippen LogP contribution in [0.25, 0.3) is 0 Å². The van der Waals surface area contributed by atoms with Crippen LogP contribution >= 0.6 is 0 Å². The average molecular weight is 280 g/mol. The predicted molar refractivity (Wildman–Crippen MR) is 81.0 cm³/mol. The van der Waals surface area contributed by atoms with Crippen molar-refractivity contribution in [3.63, 3.8) is 0 Å². The molecular formula is C16H28N2O2. The maximum absolute atomic E-state index is 5.56. The number of ether oxygens (including phenoxy) is 1. The fourth-order valence-electron chi connectivity index (χ4n) is 2.75. The predicted octanol–water partition coefficient (Wildman–Crippen LogP) is 2.33. The largest absolute Gasteiger partial charge is 0.469 e. The van der Waals surface area contributed by atoms with Crippen molar-refractivity contribution in [1.29, 1.82) is 0 Å². The Kier molecular flexibility index (Phi) is 6.57. The van der Waals surface area contributed by atoms with Crippen molar-refractivity contribution in [2.75, 3.05) is 45.9 Å². The van der Waals surface area contributed by atoms with Crippen molar-refractivity contribution in [2.45, 2.75) is 26.2 Å². The molecule has 0 saturated carbocycles. The van der Waals surface area contributed by atoms with Crippen molar-refractivity contribution in [3.8, 4) is 0 Å². The zero-order valence-electron chi connectivity index (χ0n) is 12.8. The van der Waals surface area contributed by atoms with Crippen molar-refractivity contribution < 1.29 is 9.15 Å². The first-order valence-electron chi connectivity index (χ1n) is 7.81. The van der Waals surface area contributed by atoms with Gasteiger partial charge in [0.25, 0.3) is 0 Å². The molecule has 2 heterocycles. The van der Waals surface area contributed by atoms with Gasteiger partial charge in [-0.1, -0.05) is 13.8 Å². The van der Waals surface area contributed by atoms with E-state index in [2.05, 4.69) is 30.1 Å².